The summed E-state index contributed by atoms with van der Waals surface area (Å²) in [5, 5.41) is 36.3. The number of aliphatic hydroxyl groups is 3. The molecule has 90 valence electrons. The summed E-state index contributed by atoms with van der Waals surface area (Å²) in [5.41, 5.74) is 0. The lowest BCUT2D eigenvalue weighted by atomic mass is 9.99. The molecule has 1 heterocycles. The molecule has 1 rings (SSSR count). The van der Waals surface area contributed by atoms with Crippen LogP contribution in [0.1, 0.15) is 0 Å². The van der Waals surface area contributed by atoms with Crippen LogP contribution in [0.5, 0.6) is 0 Å². The Hall–Kier alpha value is -0.770. The fourth-order valence-electron chi connectivity index (χ4n) is 1.25. The van der Waals surface area contributed by atoms with Gasteiger partial charge < -0.3 is 35.4 Å². The normalized spacial score (nSPS) is 40.7. The maximum absolute atomic E-state index is 10.5. The number of carboxylic acids is 1. The lowest BCUT2D eigenvalue weighted by Crippen LogP contribution is -2.60. The second-order valence-corrected chi connectivity index (χ2v) is 2.97. The lowest BCUT2D eigenvalue weighted by molar-refractivity contribution is -0.287. The van der Waals surface area contributed by atoms with Gasteiger partial charge in [0, 0.05) is 7.11 Å². The van der Waals surface area contributed by atoms with E-state index >= 15 is 0 Å². The van der Waals surface area contributed by atoms with Crippen molar-refractivity contribution in [2.24, 2.45) is 0 Å². The van der Waals surface area contributed by atoms with Gasteiger partial charge >= 0.3 is 5.97 Å². The number of carboxylic acid groups (broad SMARTS) is 1. The van der Waals surface area contributed by atoms with Crippen molar-refractivity contribution in [3.63, 3.8) is 0 Å². The standard InChI is InChI=1S/C7H12O7.H2O/c1-13-7-4(10)2(8)3(9)5(14-7)6(11)12;/h2-5,7-10H,1H3,(H,11,12);1H2/t2-,3-,4+,5+,7+;/m0./s1. The summed E-state index contributed by atoms with van der Waals surface area (Å²) in [6.07, 6.45) is -7.60. The van der Waals surface area contributed by atoms with Gasteiger partial charge in [-0.25, -0.2) is 4.79 Å². The van der Waals surface area contributed by atoms with Crippen LogP contribution in [0.25, 0.3) is 0 Å². The van der Waals surface area contributed by atoms with Gasteiger partial charge in [0.2, 0.25) is 0 Å². The number of hydrogen-bond donors (Lipinski definition) is 4. The Labute approximate surface area is 85.0 Å². The van der Waals surface area contributed by atoms with E-state index in [9.17, 15) is 20.1 Å². The molecule has 6 N–H and O–H groups in total. The highest BCUT2D eigenvalue weighted by Crippen LogP contribution is 2.21. The average Bonchev–Trinajstić information content (AvgIpc) is 2.14. The van der Waals surface area contributed by atoms with Crippen molar-refractivity contribution in [3.05, 3.63) is 0 Å². The summed E-state index contributed by atoms with van der Waals surface area (Å²) in [7, 11) is 1.19. The van der Waals surface area contributed by atoms with E-state index in [2.05, 4.69) is 4.74 Å². The van der Waals surface area contributed by atoms with Gasteiger partial charge in [-0.1, -0.05) is 0 Å². The van der Waals surface area contributed by atoms with Gasteiger partial charge in [0.15, 0.2) is 12.4 Å². The van der Waals surface area contributed by atoms with E-state index in [1.165, 1.54) is 7.11 Å². The molecule has 8 nitrogen and oxygen atoms in total. The molecule has 0 aromatic heterocycles. The summed E-state index contributed by atoms with van der Waals surface area (Å²) < 4.78 is 9.31. The third kappa shape index (κ3) is 2.62. The minimum atomic E-state index is -1.67. The molecule has 15 heavy (non-hydrogen) atoms. The van der Waals surface area contributed by atoms with E-state index in [0.717, 1.165) is 0 Å². The fraction of sp³-hybridized carbons (Fsp3) is 0.857. The molecule has 0 spiro atoms. The monoisotopic (exact) mass is 226 g/mol. The van der Waals surface area contributed by atoms with Crippen molar-refractivity contribution >= 4 is 5.97 Å². The van der Waals surface area contributed by atoms with Crippen LogP contribution in [0.2, 0.25) is 0 Å². The van der Waals surface area contributed by atoms with Crippen molar-refractivity contribution in [1.82, 2.24) is 0 Å². The minimum absolute atomic E-state index is 0. The summed E-state index contributed by atoms with van der Waals surface area (Å²) in [4.78, 5) is 10.5. The molecule has 0 aliphatic carbocycles. The van der Waals surface area contributed by atoms with Gasteiger partial charge in [-0.05, 0) is 0 Å². The second kappa shape index (κ2) is 5.35. The Balaban J connectivity index is 0.00000196. The van der Waals surface area contributed by atoms with E-state index in [-0.39, 0.29) is 5.48 Å². The molecule has 0 aromatic carbocycles. The largest absolute Gasteiger partial charge is 0.479 e. The third-order valence-corrected chi connectivity index (χ3v) is 2.05. The average molecular weight is 226 g/mol. The summed E-state index contributed by atoms with van der Waals surface area (Å²) in [6.45, 7) is 0. The van der Waals surface area contributed by atoms with E-state index in [4.69, 9.17) is 9.84 Å². The first-order chi connectivity index (χ1) is 6.49. The van der Waals surface area contributed by atoms with Crippen LogP contribution in [0, 0.1) is 0 Å². The predicted molar refractivity (Wildman–Crippen MR) is 44.9 cm³/mol. The summed E-state index contributed by atoms with van der Waals surface area (Å²) >= 11 is 0. The SMILES string of the molecule is CO[C@@H]1O[C@@H](C(=O)O)[C@@H](O)[C@H](O)[C@H]1O.O. The molecule has 1 fully saturated rings. The fourth-order valence-corrected chi connectivity index (χ4v) is 1.25. The first-order valence-electron chi connectivity index (χ1n) is 3.94. The summed E-state index contributed by atoms with van der Waals surface area (Å²) in [6, 6.07) is 0. The highest BCUT2D eigenvalue weighted by atomic mass is 16.7. The van der Waals surface area contributed by atoms with E-state index in [1.807, 2.05) is 0 Å². The van der Waals surface area contributed by atoms with E-state index < -0.39 is 36.7 Å². The van der Waals surface area contributed by atoms with Gasteiger partial charge in [-0.15, -0.1) is 0 Å². The number of hydrogen-bond acceptors (Lipinski definition) is 6. The minimum Gasteiger partial charge on any atom is -0.479 e. The molecule has 0 radical (unpaired) electrons. The van der Waals surface area contributed by atoms with Crippen molar-refractivity contribution in [1.29, 1.82) is 0 Å². The topological polar surface area (TPSA) is 148 Å². The predicted octanol–water partition coefficient (Wildman–Crippen LogP) is -3.30. The zero-order valence-corrected chi connectivity index (χ0v) is 7.90. The number of aliphatic hydroxyl groups excluding tert-OH is 3. The Morgan fingerprint density at radius 2 is 1.73 bits per heavy atom. The molecule has 0 unspecified atom stereocenters. The zero-order valence-electron chi connectivity index (χ0n) is 7.90. The van der Waals surface area contributed by atoms with E-state index in [1.54, 1.807) is 0 Å². The number of carbonyl (C=O) groups is 1. The van der Waals surface area contributed by atoms with Crippen molar-refractivity contribution < 1.29 is 40.2 Å². The maximum Gasteiger partial charge on any atom is 0.335 e. The van der Waals surface area contributed by atoms with Crippen LogP contribution >= 0.6 is 0 Å². The second-order valence-electron chi connectivity index (χ2n) is 2.97. The van der Waals surface area contributed by atoms with Gasteiger partial charge in [-0.2, -0.15) is 0 Å². The molecular formula is C7H14O8. The van der Waals surface area contributed by atoms with Gasteiger partial charge in [0.25, 0.3) is 0 Å². The summed E-state index contributed by atoms with van der Waals surface area (Å²) in [5.74, 6) is -1.43. The van der Waals surface area contributed by atoms with Crippen LogP contribution in [0.15, 0.2) is 0 Å². The number of rotatable bonds is 2. The molecule has 1 aliphatic rings. The molecule has 1 saturated heterocycles. The van der Waals surface area contributed by atoms with Crippen LogP contribution in [-0.2, 0) is 14.3 Å². The number of aliphatic carboxylic acids is 1. The molecule has 0 amide bonds. The Morgan fingerprint density at radius 1 is 1.20 bits per heavy atom. The highest BCUT2D eigenvalue weighted by molar-refractivity contribution is 5.73. The molecule has 0 bridgehead atoms. The van der Waals surface area contributed by atoms with E-state index in [0.29, 0.717) is 0 Å². The molecule has 8 heteroatoms. The lowest BCUT2D eigenvalue weighted by Gasteiger charge is -2.37. The molecule has 5 atom stereocenters. The van der Waals surface area contributed by atoms with Crippen LogP contribution < -0.4 is 0 Å². The van der Waals surface area contributed by atoms with Crippen molar-refractivity contribution in [3.8, 4) is 0 Å². The van der Waals surface area contributed by atoms with Gasteiger partial charge in [0.05, 0.1) is 0 Å². The van der Waals surface area contributed by atoms with Gasteiger partial charge in [-0.3, -0.25) is 0 Å². The number of ether oxygens (including phenoxy) is 2. The maximum atomic E-state index is 10.5. The van der Waals surface area contributed by atoms with Crippen molar-refractivity contribution in [2.75, 3.05) is 7.11 Å². The van der Waals surface area contributed by atoms with Crippen molar-refractivity contribution in [2.45, 2.75) is 30.7 Å². The zero-order chi connectivity index (χ0) is 10.9. The number of methoxy groups -OCH3 is 1. The van der Waals surface area contributed by atoms with Crippen LogP contribution in [0.4, 0.5) is 0 Å². The van der Waals surface area contributed by atoms with Gasteiger partial charge in [0.1, 0.15) is 18.3 Å². The molecule has 1 aliphatic heterocycles. The first kappa shape index (κ1) is 14.2. The molecular weight excluding hydrogens is 212 g/mol. The molecule has 0 aromatic rings. The smallest absolute Gasteiger partial charge is 0.335 e. The Kier molecular flexibility index (Phi) is 5.08. The highest BCUT2D eigenvalue weighted by Gasteiger charge is 2.46. The van der Waals surface area contributed by atoms with Crippen LogP contribution in [-0.4, -0.2) is 69.7 Å². The third-order valence-electron chi connectivity index (χ3n) is 2.05. The Morgan fingerprint density at radius 3 is 2.13 bits per heavy atom. The Bertz CT molecular complexity index is 217. The quantitative estimate of drug-likeness (QED) is 0.385. The first-order valence-corrected chi connectivity index (χ1v) is 3.94. The van der Waals surface area contributed by atoms with Crippen LogP contribution in [0.3, 0.4) is 0 Å². The molecule has 0 saturated carbocycles.